The summed E-state index contributed by atoms with van der Waals surface area (Å²) in [6.07, 6.45) is 5.20. The average molecular weight is 556 g/mol. The first-order valence-corrected chi connectivity index (χ1v) is 14.4. The molecule has 1 aliphatic heterocycles. The monoisotopic (exact) mass is 555 g/mol. The number of hydrogen-bond acceptors (Lipinski definition) is 6. The summed E-state index contributed by atoms with van der Waals surface area (Å²) in [5, 5.41) is 3.03. The third kappa shape index (κ3) is 3.57. The van der Waals surface area contributed by atoms with Crippen LogP contribution in [0.25, 0.3) is 11.1 Å². The summed E-state index contributed by atoms with van der Waals surface area (Å²) >= 11 is 0. The van der Waals surface area contributed by atoms with Crippen LogP contribution in [0.1, 0.15) is 59.7 Å². The van der Waals surface area contributed by atoms with E-state index in [9.17, 15) is 19.2 Å². The van der Waals surface area contributed by atoms with Gasteiger partial charge in [-0.25, -0.2) is 4.79 Å². The van der Waals surface area contributed by atoms with E-state index in [1.54, 1.807) is 7.11 Å². The number of rotatable bonds is 6. The Morgan fingerprint density at radius 3 is 2.68 bits per heavy atom. The average Bonchev–Trinajstić information content (AvgIpc) is 3.32. The topological polar surface area (TPSA) is 130 Å². The number of aromatic nitrogens is 2. The summed E-state index contributed by atoms with van der Waals surface area (Å²) in [5.41, 5.74) is 2.74. The molecule has 2 fully saturated rings. The molecule has 1 amide bonds. The fourth-order valence-electron chi connectivity index (χ4n) is 8.40. The molecule has 3 aliphatic carbocycles. The quantitative estimate of drug-likeness (QED) is 0.429. The minimum atomic E-state index is -0.609. The standard InChI is InChI=1S/C32H33N3O6/c1-17-9-12-31-25-20-7-8-21(26(25)41-27(31)24(36)10-13-32(31,40-2)23(17)15-20)28(37)33-14-11-18-3-5-19(6-4-18)22-16-34-30(39)35-29(22)38/h3-8,16-17,23,27H,9-15H2,1-2H3,(H,33,37)(H2,34,35,38,39)/t17?,23-,27-,31-,32+/m0/s1. The zero-order chi connectivity index (χ0) is 28.5. The van der Waals surface area contributed by atoms with Crippen molar-refractivity contribution < 1.29 is 19.1 Å². The lowest BCUT2D eigenvalue weighted by Gasteiger charge is -2.63. The molecule has 212 valence electrons. The smallest absolute Gasteiger partial charge is 0.325 e. The molecule has 3 N–H and O–H groups in total. The summed E-state index contributed by atoms with van der Waals surface area (Å²) in [6.45, 7) is 2.70. The minimum absolute atomic E-state index is 0.105. The van der Waals surface area contributed by atoms with E-state index in [4.69, 9.17) is 9.47 Å². The number of aromatic amines is 2. The first kappa shape index (κ1) is 26.0. The maximum atomic E-state index is 13.5. The van der Waals surface area contributed by atoms with Crippen molar-refractivity contribution in [2.75, 3.05) is 13.7 Å². The molecule has 1 spiro atoms. The van der Waals surface area contributed by atoms with E-state index < -0.39 is 28.4 Å². The van der Waals surface area contributed by atoms with Crippen LogP contribution in [0, 0.1) is 11.8 Å². The van der Waals surface area contributed by atoms with Gasteiger partial charge in [-0.05, 0) is 66.7 Å². The summed E-state index contributed by atoms with van der Waals surface area (Å²) < 4.78 is 12.9. The van der Waals surface area contributed by atoms with E-state index in [0.717, 1.165) is 30.4 Å². The van der Waals surface area contributed by atoms with Gasteiger partial charge in [0.1, 0.15) is 5.75 Å². The first-order chi connectivity index (χ1) is 19.8. The van der Waals surface area contributed by atoms with Crippen molar-refractivity contribution in [1.82, 2.24) is 15.3 Å². The van der Waals surface area contributed by atoms with Crippen LogP contribution < -0.4 is 21.3 Å². The van der Waals surface area contributed by atoms with Gasteiger partial charge in [0.25, 0.3) is 11.5 Å². The summed E-state index contributed by atoms with van der Waals surface area (Å²) in [4.78, 5) is 54.9. The highest BCUT2D eigenvalue weighted by Gasteiger charge is 2.73. The van der Waals surface area contributed by atoms with Crippen molar-refractivity contribution in [3.8, 4) is 16.9 Å². The fraction of sp³-hybridized carbons (Fsp3) is 0.438. The molecule has 9 heteroatoms. The molecule has 5 atom stereocenters. The lowest BCUT2D eigenvalue weighted by atomic mass is 9.43. The number of hydrogen-bond donors (Lipinski definition) is 3. The zero-order valence-corrected chi connectivity index (χ0v) is 23.2. The molecule has 41 heavy (non-hydrogen) atoms. The Hall–Kier alpha value is -3.98. The number of carbonyl (C=O) groups excluding carboxylic acids is 2. The van der Waals surface area contributed by atoms with Crippen LogP contribution in [0.4, 0.5) is 0 Å². The Balaban J connectivity index is 1.13. The number of carbonyl (C=O) groups is 2. The lowest BCUT2D eigenvalue weighted by molar-refractivity contribution is -0.200. The van der Waals surface area contributed by atoms with Crippen molar-refractivity contribution in [2.45, 2.75) is 62.6 Å². The third-order valence-corrected chi connectivity index (χ3v) is 10.3. The van der Waals surface area contributed by atoms with Crippen LogP contribution in [-0.2, 0) is 27.8 Å². The summed E-state index contributed by atoms with van der Waals surface area (Å²) in [6, 6.07) is 11.3. The van der Waals surface area contributed by atoms with Gasteiger partial charge in [-0.2, -0.15) is 0 Å². The van der Waals surface area contributed by atoms with Crippen molar-refractivity contribution in [3.05, 3.63) is 85.7 Å². The van der Waals surface area contributed by atoms with E-state index in [1.165, 1.54) is 11.8 Å². The largest absolute Gasteiger partial charge is 0.480 e. The van der Waals surface area contributed by atoms with Gasteiger partial charge in [-0.3, -0.25) is 19.4 Å². The summed E-state index contributed by atoms with van der Waals surface area (Å²) in [5.74, 6) is 1.24. The van der Waals surface area contributed by atoms with Crippen molar-refractivity contribution in [2.24, 2.45) is 11.8 Å². The molecular formula is C32H33N3O6. The molecule has 0 radical (unpaired) electrons. The second-order valence-electron chi connectivity index (χ2n) is 12.0. The molecule has 2 aromatic carbocycles. The van der Waals surface area contributed by atoms with Crippen LogP contribution in [0.5, 0.6) is 5.75 Å². The predicted octanol–water partition coefficient (Wildman–Crippen LogP) is 3.05. The Bertz CT molecular complexity index is 1690. The Morgan fingerprint density at radius 1 is 1.12 bits per heavy atom. The number of benzene rings is 2. The van der Waals surface area contributed by atoms with E-state index in [2.05, 4.69) is 28.3 Å². The van der Waals surface area contributed by atoms with E-state index >= 15 is 0 Å². The maximum absolute atomic E-state index is 13.5. The van der Waals surface area contributed by atoms with Gasteiger partial charge in [0.15, 0.2) is 11.9 Å². The molecule has 4 aliphatic rings. The van der Waals surface area contributed by atoms with Gasteiger partial charge in [0, 0.05) is 31.8 Å². The van der Waals surface area contributed by atoms with Crippen LogP contribution in [0.3, 0.4) is 0 Å². The van der Waals surface area contributed by atoms with E-state index in [1.807, 2.05) is 30.3 Å². The molecule has 9 nitrogen and oxygen atoms in total. The second-order valence-corrected chi connectivity index (χ2v) is 12.0. The fourth-order valence-corrected chi connectivity index (χ4v) is 8.40. The van der Waals surface area contributed by atoms with E-state index in [-0.39, 0.29) is 11.7 Å². The number of ketones is 1. The van der Waals surface area contributed by atoms with Crippen molar-refractivity contribution in [3.63, 3.8) is 0 Å². The molecule has 2 saturated carbocycles. The lowest BCUT2D eigenvalue weighted by Crippen LogP contribution is -2.71. The second kappa shape index (κ2) is 9.27. The molecule has 2 heterocycles. The van der Waals surface area contributed by atoms with Gasteiger partial charge >= 0.3 is 5.69 Å². The van der Waals surface area contributed by atoms with Gasteiger partial charge < -0.3 is 19.8 Å². The molecular weight excluding hydrogens is 522 g/mol. The Labute approximate surface area is 236 Å². The first-order valence-electron chi connectivity index (χ1n) is 14.4. The van der Waals surface area contributed by atoms with Crippen LogP contribution in [0.2, 0.25) is 0 Å². The third-order valence-electron chi connectivity index (χ3n) is 10.3. The van der Waals surface area contributed by atoms with Crippen molar-refractivity contribution in [1.29, 1.82) is 0 Å². The summed E-state index contributed by atoms with van der Waals surface area (Å²) in [7, 11) is 1.78. The predicted molar refractivity (Wildman–Crippen MR) is 151 cm³/mol. The highest BCUT2D eigenvalue weighted by atomic mass is 16.5. The molecule has 1 aromatic heterocycles. The number of nitrogens with one attached hydrogen (secondary N) is 3. The van der Waals surface area contributed by atoms with Crippen LogP contribution in [-0.4, -0.2) is 47.0 Å². The maximum Gasteiger partial charge on any atom is 0.325 e. The normalized spacial score (nSPS) is 29.0. The highest BCUT2D eigenvalue weighted by Crippen LogP contribution is 2.68. The minimum Gasteiger partial charge on any atom is -0.480 e. The number of ether oxygens (including phenoxy) is 2. The number of amides is 1. The van der Waals surface area contributed by atoms with Crippen molar-refractivity contribution >= 4 is 11.7 Å². The highest BCUT2D eigenvalue weighted by molar-refractivity contribution is 5.99. The van der Waals surface area contributed by atoms with Crippen LogP contribution in [0.15, 0.2) is 52.2 Å². The number of H-pyrrole nitrogens is 2. The number of methoxy groups -OCH3 is 1. The molecule has 2 bridgehead atoms. The molecule has 0 saturated heterocycles. The SMILES string of the molecule is CO[C@@]12CCC(=O)[C@@H]3Oc4c(C(=O)NCCc5ccc(-c6c[nH]c(=O)[nH]c6=O)cc5)ccc5c4[C@@]31CCC(C)[C@@H]2C5. The zero-order valence-electron chi connectivity index (χ0n) is 23.2. The number of Topliss-reactive ketones (excluding diaryl/α,β-unsaturated/α-hetero) is 1. The van der Waals surface area contributed by atoms with Crippen LogP contribution >= 0.6 is 0 Å². The van der Waals surface area contributed by atoms with E-state index in [0.29, 0.717) is 60.1 Å². The Morgan fingerprint density at radius 2 is 1.93 bits per heavy atom. The molecule has 7 rings (SSSR count). The Kier molecular flexibility index (Phi) is 5.87. The van der Waals surface area contributed by atoms with Gasteiger partial charge in [-0.1, -0.05) is 37.3 Å². The molecule has 1 unspecified atom stereocenters. The molecule has 3 aromatic rings. The van der Waals surface area contributed by atoms with Gasteiger partial charge in [0.05, 0.1) is 22.1 Å². The van der Waals surface area contributed by atoms with Gasteiger partial charge in [-0.15, -0.1) is 0 Å². The van der Waals surface area contributed by atoms with Gasteiger partial charge in [0.2, 0.25) is 0 Å².